The van der Waals surface area contributed by atoms with Crippen molar-refractivity contribution in [3.05, 3.63) is 92.4 Å². The molecule has 0 aliphatic rings. The quantitative estimate of drug-likeness (QED) is 0.267. The van der Waals surface area contributed by atoms with E-state index in [4.69, 9.17) is 34.8 Å². The predicted molar refractivity (Wildman–Crippen MR) is 162 cm³/mol. The molecule has 214 valence electrons. The maximum absolute atomic E-state index is 14.1. The molecule has 1 N–H and O–H groups in total. The zero-order chi connectivity index (χ0) is 29.6. The van der Waals surface area contributed by atoms with Gasteiger partial charge in [-0.3, -0.25) is 13.9 Å². The molecule has 0 unspecified atom stereocenters. The van der Waals surface area contributed by atoms with E-state index >= 15 is 0 Å². The Balaban J connectivity index is 2.10. The highest BCUT2D eigenvalue weighted by molar-refractivity contribution is 7.92. The maximum Gasteiger partial charge on any atom is 0.264 e. The van der Waals surface area contributed by atoms with Crippen LogP contribution in [-0.4, -0.2) is 44.3 Å². The van der Waals surface area contributed by atoms with Crippen molar-refractivity contribution in [2.45, 2.75) is 51.6 Å². The number of benzene rings is 3. The second kappa shape index (κ2) is 13.7. The molecule has 0 spiro atoms. The van der Waals surface area contributed by atoms with Gasteiger partial charge in [-0.25, -0.2) is 8.42 Å². The molecular weight excluding hydrogens is 593 g/mol. The number of nitrogens with one attached hydrogen (secondary N) is 1. The van der Waals surface area contributed by atoms with Gasteiger partial charge in [0.2, 0.25) is 11.8 Å². The summed E-state index contributed by atoms with van der Waals surface area (Å²) in [7, 11) is -4.20. The van der Waals surface area contributed by atoms with E-state index in [1.807, 2.05) is 13.8 Å². The van der Waals surface area contributed by atoms with E-state index in [2.05, 4.69) is 5.32 Å². The molecule has 7 nitrogen and oxygen atoms in total. The van der Waals surface area contributed by atoms with E-state index in [0.717, 1.165) is 15.4 Å². The Morgan fingerprint density at radius 2 is 1.52 bits per heavy atom. The van der Waals surface area contributed by atoms with Gasteiger partial charge in [0.05, 0.1) is 10.6 Å². The number of nitrogens with zero attached hydrogens (tertiary/aromatic N) is 2. The number of anilines is 1. The Kier molecular flexibility index (Phi) is 10.9. The average Bonchev–Trinajstić information content (AvgIpc) is 2.90. The number of hydrogen-bond acceptors (Lipinski definition) is 4. The summed E-state index contributed by atoms with van der Waals surface area (Å²) in [5.74, 6) is -0.915. The number of amides is 2. The topological polar surface area (TPSA) is 86.8 Å². The van der Waals surface area contributed by atoms with Crippen LogP contribution in [0.25, 0.3) is 0 Å². The van der Waals surface area contributed by atoms with Gasteiger partial charge in [0.1, 0.15) is 12.6 Å². The molecule has 3 aromatic rings. The zero-order valence-corrected chi connectivity index (χ0v) is 25.8. The van der Waals surface area contributed by atoms with Gasteiger partial charge in [0.15, 0.2) is 0 Å². The monoisotopic (exact) mass is 623 g/mol. The standard InChI is InChI=1S/C29H32Cl3N3O4S/c1-5-27(29(37)33-6-2)34(17-21-8-9-23(31)16-26(21)32)28(36)18-35(24-12-7-19(3)20(4)15-24)40(38,39)25-13-10-22(30)11-14-25/h7-16,27H,5-6,17-18H2,1-4H3,(H,33,37)/t27-/m0/s1. The first-order valence-electron chi connectivity index (χ1n) is 12.8. The van der Waals surface area contributed by atoms with E-state index in [9.17, 15) is 18.0 Å². The molecule has 0 bridgehead atoms. The Hall–Kier alpha value is -2.78. The number of likely N-dealkylation sites (N-methyl/N-ethyl adjacent to an activating group) is 1. The summed E-state index contributed by atoms with van der Waals surface area (Å²) in [6, 6.07) is 14.9. The zero-order valence-electron chi connectivity index (χ0n) is 22.7. The summed E-state index contributed by atoms with van der Waals surface area (Å²) in [5.41, 5.74) is 2.72. The van der Waals surface area contributed by atoms with Crippen LogP contribution in [0, 0.1) is 13.8 Å². The highest BCUT2D eigenvalue weighted by atomic mass is 35.5. The molecule has 0 saturated carbocycles. The number of halogens is 3. The van der Waals surface area contributed by atoms with Crippen LogP contribution >= 0.6 is 34.8 Å². The molecule has 3 rings (SSSR count). The Labute approximate surface area is 251 Å². The Morgan fingerprint density at radius 1 is 0.875 bits per heavy atom. The van der Waals surface area contributed by atoms with Crippen molar-refractivity contribution >= 4 is 62.3 Å². The van der Waals surface area contributed by atoms with E-state index in [-0.39, 0.29) is 17.3 Å². The Morgan fingerprint density at radius 3 is 2.10 bits per heavy atom. The van der Waals surface area contributed by atoms with Gasteiger partial charge in [0, 0.05) is 28.2 Å². The number of hydrogen-bond donors (Lipinski definition) is 1. The van der Waals surface area contributed by atoms with Crippen molar-refractivity contribution in [3.8, 4) is 0 Å². The van der Waals surface area contributed by atoms with Crippen molar-refractivity contribution in [1.29, 1.82) is 0 Å². The summed E-state index contributed by atoms with van der Waals surface area (Å²) < 4.78 is 28.9. The fourth-order valence-corrected chi connectivity index (χ4v) is 6.19. The van der Waals surface area contributed by atoms with Gasteiger partial charge in [-0.1, -0.05) is 53.9 Å². The SMILES string of the molecule is CCNC(=O)[C@H](CC)N(Cc1ccc(Cl)cc1Cl)C(=O)CN(c1ccc(C)c(C)c1)S(=O)(=O)c1ccc(Cl)cc1. The molecule has 0 heterocycles. The van der Waals surface area contributed by atoms with Crippen molar-refractivity contribution in [1.82, 2.24) is 10.2 Å². The molecule has 0 fully saturated rings. The lowest BCUT2D eigenvalue weighted by molar-refractivity contribution is -0.140. The van der Waals surface area contributed by atoms with Crippen LogP contribution in [0.15, 0.2) is 65.6 Å². The van der Waals surface area contributed by atoms with Crippen LogP contribution in [0.5, 0.6) is 0 Å². The predicted octanol–water partition coefficient (Wildman–Crippen LogP) is 6.40. The molecule has 11 heteroatoms. The fourth-order valence-electron chi connectivity index (χ4n) is 4.19. The van der Waals surface area contributed by atoms with Gasteiger partial charge < -0.3 is 10.2 Å². The first-order valence-corrected chi connectivity index (χ1v) is 15.3. The fraction of sp³-hybridized carbons (Fsp3) is 0.310. The highest BCUT2D eigenvalue weighted by Gasteiger charge is 2.34. The molecule has 40 heavy (non-hydrogen) atoms. The number of aryl methyl sites for hydroxylation is 2. The third-order valence-corrected chi connectivity index (χ3v) is 9.18. The van der Waals surface area contributed by atoms with Crippen LogP contribution in [0.2, 0.25) is 15.1 Å². The normalized spacial score (nSPS) is 12.1. The first kappa shape index (κ1) is 31.7. The summed E-state index contributed by atoms with van der Waals surface area (Å²) >= 11 is 18.5. The molecule has 0 radical (unpaired) electrons. The molecule has 0 aliphatic heterocycles. The van der Waals surface area contributed by atoms with E-state index in [0.29, 0.717) is 39.3 Å². The highest BCUT2D eigenvalue weighted by Crippen LogP contribution is 2.28. The molecule has 3 aromatic carbocycles. The molecule has 2 amide bonds. The molecule has 0 aliphatic carbocycles. The summed E-state index contributed by atoms with van der Waals surface area (Å²) in [4.78, 5) is 28.4. The smallest absolute Gasteiger partial charge is 0.264 e. The first-order chi connectivity index (χ1) is 18.9. The van der Waals surface area contributed by atoms with Gasteiger partial charge >= 0.3 is 0 Å². The van der Waals surface area contributed by atoms with Crippen LogP contribution in [0.3, 0.4) is 0 Å². The van der Waals surface area contributed by atoms with Gasteiger partial charge in [-0.2, -0.15) is 0 Å². The minimum atomic E-state index is -4.20. The van der Waals surface area contributed by atoms with Crippen molar-refractivity contribution in [2.24, 2.45) is 0 Å². The van der Waals surface area contributed by atoms with Crippen molar-refractivity contribution in [3.63, 3.8) is 0 Å². The summed E-state index contributed by atoms with van der Waals surface area (Å²) in [5, 5.41) is 3.91. The lowest BCUT2D eigenvalue weighted by Gasteiger charge is -2.33. The summed E-state index contributed by atoms with van der Waals surface area (Å²) in [6.45, 7) is 7.16. The van der Waals surface area contributed by atoms with Crippen LogP contribution in [-0.2, 0) is 26.2 Å². The largest absolute Gasteiger partial charge is 0.355 e. The van der Waals surface area contributed by atoms with Gasteiger partial charge in [0.25, 0.3) is 10.0 Å². The lowest BCUT2D eigenvalue weighted by Crippen LogP contribution is -2.52. The minimum absolute atomic E-state index is 0.0216. The number of sulfonamides is 1. The second-order valence-corrected chi connectivity index (χ2v) is 12.5. The van der Waals surface area contributed by atoms with E-state index in [1.165, 1.54) is 29.2 Å². The third kappa shape index (κ3) is 7.49. The Bertz CT molecular complexity index is 1480. The van der Waals surface area contributed by atoms with Gasteiger partial charge in [-0.05, 0) is 92.4 Å². The molecule has 0 saturated heterocycles. The van der Waals surface area contributed by atoms with Crippen LogP contribution < -0.4 is 9.62 Å². The van der Waals surface area contributed by atoms with Crippen molar-refractivity contribution in [2.75, 3.05) is 17.4 Å². The number of carbonyl (C=O) groups excluding carboxylic acids is 2. The molecule has 0 aromatic heterocycles. The van der Waals surface area contributed by atoms with E-state index < -0.39 is 28.5 Å². The van der Waals surface area contributed by atoms with Gasteiger partial charge in [-0.15, -0.1) is 0 Å². The minimum Gasteiger partial charge on any atom is -0.355 e. The van der Waals surface area contributed by atoms with E-state index in [1.54, 1.807) is 50.2 Å². The van der Waals surface area contributed by atoms with Crippen LogP contribution in [0.1, 0.15) is 37.0 Å². The number of rotatable bonds is 11. The third-order valence-electron chi connectivity index (χ3n) is 6.55. The maximum atomic E-state index is 14.1. The van der Waals surface area contributed by atoms with Crippen molar-refractivity contribution < 1.29 is 18.0 Å². The number of carbonyl (C=O) groups is 2. The summed E-state index contributed by atoms with van der Waals surface area (Å²) in [6.07, 6.45) is 0.302. The molecular formula is C29H32Cl3N3O4S. The van der Waals surface area contributed by atoms with Crippen LogP contribution in [0.4, 0.5) is 5.69 Å². The lowest BCUT2D eigenvalue weighted by atomic mass is 10.1. The molecule has 1 atom stereocenters. The second-order valence-electron chi connectivity index (χ2n) is 9.31. The average molecular weight is 625 g/mol.